The lowest BCUT2D eigenvalue weighted by atomic mass is 10.4. The molecule has 0 fully saturated rings. The molecule has 2 unspecified atom stereocenters. The minimum absolute atomic E-state index is 0.125. The lowest BCUT2D eigenvalue weighted by molar-refractivity contribution is -0.142. The van der Waals surface area contributed by atoms with Crippen molar-refractivity contribution < 1.29 is 19.1 Å². The van der Waals surface area contributed by atoms with Crippen LogP contribution in [0.25, 0.3) is 0 Å². The number of thioether (sulfide) groups is 1. The molecular formula is C8H12N2O4S. The second kappa shape index (κ2) is 7.09. The van der Waals surface area contributed by atoms with Crippen LogP contribution in [0.5, 0.6) is 0 Å². The van der Waals surface area contributed by atoms with E-state index in [0.29, 0.717) is 0 Å². The fraction of sp³-hybridized carbons (Fsp3) is 0.625. The summed E-state index contributed by atoms with van der Waals surface area (Å²) >= 11 is 0.945. The van der Waals surface area contributed by atoms with E-state index in [1.54, 1.807) is 6.07 Å². The molecule has 0 aromatic carbocycles. The molecule has 0 bridgehead atoms. The smallest absolute Gasteiger partial charge is 0.333 e. The number of hydrogen-bond acceptors (Lipinski definition) is 7. The molecule has 15 heavy (non-hydrogen) atoms. The van der Waals surface area contributed by atoms with Crippen molar-refractivity contribution in [2.45, 2.75) is 11.3 Å². The van der Waals surface area contributed by atoms with E-state index >= 15 is 0 Å². The molecule has 0 saturated heterocycles. The van der Waals surface area contributed by atoms with Crippen LogP contribution in [0.2, 0.25) is 0 Å². The average Bonchev–Trinajstić information content (AvgIpc) is 2.27. The Morgan fingerprint density at radius 3 is 2.33 bits per heavy atom. The summed E-state index contributed by atoms with van der Waals surface area (Å²) in [5.41, 5.74) is 5.42. The molecule has 0 rings (SSSR count). The maximum Gasteiger partial charge on any atom is 0.333 e. The van der Waals surface area contributed by atoms with Crippen molar-refractivity contribution in [2.24, 2.45) is 5.73 Å². The third-order valence-electron chi connectivity index (χ3n) is 1.48. The third kappa shape index (κ3) is 4.67. The van der Waals surface area contributed by atoms with Crippen molar-refractivity contribution in [3.05, 3.63) is 0 Å². The Morgan fingerprint density at radius 1 is 1.40 bits per heavy atom. The van der Waals surface area contributed by atoms with Gasteiger partial charge in [0, 0.05) is 5.75 Å². The molecule has 0 aliphatic carbocycles. The minimum Gasteiger partial charge on any atom is -0.468 e. The molecule has 0 heterocycles. The third-order valence-corrected chi connectivity index (χ3v) is 2.66. The van der Waals surface area contributed by atoms with Crippen LogP contribution in [0.1, 0.15) is 0 Å². The lowest BCUT2D eigenvalue weighted by Crippen LogP contribution is -2.35. The maximum atomic E-state index is 11.0. The fourth-order valence-electron chi connectivity index (χ4n) is 0.684. The molecule has 0 saturated carbocycles. The van der Waals surface area contributed by atoms with Gasteiger partial charge in [-0.1, -0.05) is 0 Å². The average molecular weight is 232 g/mol. The number of rotatable bonds is 5. The molecule has 2 atom stereocenters. The normalized spacial score (nSPS) is 13.5. The molecule has 7 heteroatoms. The van der Waals surface area contributed by atoms with Crippen LogP contribution in [0.3, 0.4) is 0 Å². The quantitative estimate of drug-likeness (QED) is 0.624. The second-order valence-corrected chi connectivity index (χ2v) is 3.63. The number of ether oxygens (including phenoxy) is 2. The van der Waals surface area contributed by atoms with Gasteiger partial charge in [0.25, 0.3) is 0 Å². The zero-order chi connectivity index (χ0) is 11.8. The topological polar surface area (TPSA) is 102 Å². The number of carbonyl (C=O) groups excluding carboxylic acids is 2. The van der Waals surface area contributed by atoms with Gasteiger partial charge in [-0.15, -0.1) is 11.8 Å². The van der Waals surface area contributed by atoms with E-state index in [1.807, 2.05) is 0 Å². The van der Waals surface area contributed by atoms with E-state index in [0.717, 1.165) is 11.8 Å². The summed E-state index contributed by atoms with van der Waals surface area (Å²) in [6, 6.07) is 0.899. The molecule has 0 aromatic rings. The predicted octanol–water partition coefficient (Wildman–Crippen LogP) is -0.715. The van der Waals surface area contributed by atoms with Crippen LogP contribution < -0.4 is 5.73 Å². The Labute approximate surface area is 91.7 Å². The van der Waals surface area contributed by atoms with Crippen molar-refractivity contribution >= 4 is 23.7 Å². The van der Waals surface area contributed by atoms with Gasteiger partial charge in [0.15, 0.2) is 5.25 Å². The van der Waals surface area contributed by atoms with Crippen molar-refractivity contribution in [1.82, 2.24) is 0 Å². The van der Waals surface area contributed by atoms with Gasteiger partial charge in [0.1, 0.15) is 6.04 Å². The van der Waals surface area contributed by atoms with Gasteiger partial charge in [0.05, 0.1) is 20.3 Å². The van der Waals surface area contributed by atoms with Crippen LogP contribution in [0.15, 0.2) is 0 Å². The maximum absolute atomic E-state index is 11.0. The van der Waals surface area contributed by atoms with Crippen molar-refractivity contribution in [3.63, 3.8) is 0 Å². The highest BCUT2D eigenvalue weighted by atomic mass is 32.2. The number of nitriles is 1. The summed E-state index contributed by atoms with van der Waals surface area (Å²) < 4.78 is 8.77. The zero-order valence-electron chi connectivity index (χ0n) is 8.43. The van der Waals surface area contributed by atoms with Crippen molar-refractivity contribution in [1.29, 1.82) is 5.26 Å². The Morgan fingerprint density at radius 2 is 1.93 bits per heavy atom. The molecule has 0 aliphatic heterocycles. The molecule has 0 amide bonds. The van der Waals surface area contributed by atoms with E-state index in [1.165, 1.54) is 14.2 Å². The summed E-state index contributed by atoms with van der Waals surface area (Å²) in [6.45, 7) is 0. The van der Waals surface area contributed by atoms with Crippen molar-refractivity contribution in [2.75, 3.05) is 20.0 Å². The standard InChI is InChI=1S/C8H12N2O4S/c1-13-7(11)5(10)4-15-6(3-9)8(12)14-2/h5-6H,4,10H2,1-2H3. The van der Waals surface area contributed by atoms with E-state index in [4.69, 9.17) is 11.0 Å². The Hall–Kier alpha value is -1.26. The first-order valence-electron chi connectivity index (χ1n) is 3.99. The molecule has 0 radical (unpaired) electrons. The van der Waals surface area contributed by atoms with E-state index in [-0.39, 0.29) is 5.75 Å². The molecule has 6 nitrogen and oxygen atoms in total. The first-order chi connectivity index (χ1) is 7.06. The molecule has 0 spiro atoms. The predicted molar refractivity (Wildman–Crippen MR) is 53.9 cm³/mol. The van der Waals surface area contributed by atoms with E-state index in [9.17, 15) is 9.59 Å². The number of esters is 2. The van der Waals surface area contributed by atoms with Gasteiger partial charge in [-0.3, -0.25) is 4.79 Å². The summed E-state index contributed by atoms with van der Waals surface area (Å²) in [5, 5.41) is 7.64. The van der Waals surface area contributed by atoms with Crippen LogP contribution in [0, 0.1) is 11.3 Å². The Kier molecular flexibility index (Phi) is 6.49. The summed E-state index contributed by atoms with van der Waals surface area (Å²) in [5.74, 6) is -1.11. The van der Waals surface area contributed by atoms with Gasteiger partial charge < -0.3 is 15.2 Å². The molecule has 84 valence electrons. The van der Waals surface area contributed by atoms with Crippen LogP contribution in [0.4, 0.5) is 0 Å². The van der Waals surface area contributed by atoms with Gasteiger partial charge in [-0.05, 0) is 0 Å². The fourth-order valence-corrected chi connectivity index (χ4v) is 1.53. The van der Waals surface area contributed by atoms with Crippen molar-refractivity contribution in [3.8, 4) is 6.07 Å². The second-order valence-electron chi connectivity index (χ2n) is 2.50. The highest BCUT2D eigenvalue weighted by molar-refractivity contribution is 8.00. The number of hydrogen-bond donors (Lipinski definition) is 1. The SMILES string of the molecule is COC(=O)C(N)CSC(C#N)C(=O)OC. The summed E-state index contributed by atoms with van der Waals surface area (Å²) in [4.78, 5) is 21.9. The lowest BCUT2D eigenvalue weighted by Gasteiger charge is -2.10. The van der Waals surface area contributed by atoms with Crippen LogP contribution in [-0.2, 0) is 19.1 Å². The Balaban J connectivity index is 4.08. The number of carbonyl (C=O) groups is 2. The first kappa shape index (κ1) is 13.7. The first-order valence-corrected chi connectivity index (χ1v) is 5.04. The van der Waals surface area contributed by atoms with Gasteiger partial charge in [0.2, 0.25) is 0 Å². The molecular weight excluding hydrogens is 220 g/mol. The van der Waals surface area contributed by atoms with Crippen LogP contribution >= 0.6 is 11.8 Å². The van der Waals surface area contributed by atoms with E-state index in [2.05, 4.69) is 9.47 Å². The Bertz CT molecular complexity index is 276. The summed E-state index contributed by atoms with van der Waals surface area (Å²) in [6.07, 6.45) is 0. The minimum atomic E-state index is -0.967. The van der Waals surface area contributed by atoms with Gasteiger partial charge in [-0.25, -0.2) is 4.79 Å². The largest absolute Gasteiger partial charge is 0.468 e. The number of nitrogens with two attached hydrogens (primary N) is 1. The number of methoxy groups -OCH3 is 2. The molecule has 0 aromatic heterocycles. The highest BCUT2D eigenvalue weighted by Gasteiger charge is 2.22. The summed E-state index contributed by atoms with van der Waals surface area (Å²) in [7, 11) is 2.41. The van der Waals surface area contributed by atoms with Gasteiger partial charge in [-0.2, -0.15) is 5.26 Å². The molecule has 2 N–H and O–H groups in total. The monoisotopic (exact) mass is 232 g/mol. The highest BCUT2D eigenvalue weighted by Crippen LogP contribution is 2.12. The van der Waals surface area contributed by atoms with E-state index < -0.39 is 23.2 Å². The number of nitrogens with zero attached hydrogens (tertiary/aromatic N) is 1. The molecule has 0 aliphatic rings. The zero-order valence-corrected chi connectivity index (χ0v) is 9.24. The van der Waals surface area contributed by atoms with Gasteiger partial charge >= 0.3 is 11.9 Å². The van der Waals surface area contributed by atoms with Crippen LogP contribution in [-0.4, -0.2) is 43.2 Å².